The Morgan fingerprint density at radius 3 is 2.35 bits per heavy atom. The van der Waals surface area contributed by atoms with Crippen molar-refractivity contribution in [1.29, 1.82) is 0 Å². The SMILES string of the molecule is O=C(CCC(=O)Nc1nccs1)Nc1ccc(Br)cc1. The molecule has 0 aliphatic carbocycles. The standard InChI is InChI=1S/C13H12BrN3O2S/c14-9-1-3-10(4-2-9)16-11(18)5-6-12(19)17-13-15-7-8-20-13/h1-4,7-8H,5-6H2,(H,16,18)(H,15,17,19). The summed E-state index contributed by atoms with van der Waals surface area (Å²) in [6.07, 6.45) is 1.87. The van der Waals surface area contributed by atoms with Crippen molar-refractivity contribution in [2.45, 2.75) is 12.8 Å². The van der Waals surface area contributed by atoms with E-state index in [1.807, 2.05) is 12.1 Å². The van der Waals surface area contributed by atoms with Gasteiger partial charge < -0.3 is 10.6 Å². The summed E-state index contributed by atoms with van der Waals surface area (Å²) in [6, 6.07) is 7.25. The van der Waals surface area contributed by atoms with Crippen LogP contribution in [0.2, 0.25) is 0 Å². The Labute approximate surface area is 128 Å². The number of carbonyl (C=O) groups excluding carboxylic acids is 2. The summed E-state index contributed by atoms with van der Waals surface area (Å²) in [6.45, 7) is 0. The van der Waals surface area contributed by atoms with Crippen LogP contribution >= 0.6 is 27.3 Å². The highest BCUT2D eigenvalue weighted by atomic mass is 79.9. The summed E-state index contributed by atoms with van der Waals surface area (Å²) in [5.41, 5.74) is 0.707. The van der Waals surface area contributed by atoms with Crippen molar-refractivity contribution in [3.8, 4) is 0 Å². The second kappa shape index (κ2) is 7.16. The van der Waals surface area contributed by atoms with Gasteiger partial charge in [-0.3, -0.25) is 9.59 Å². The van der Waals surface area contributed by atoms with Crippen LogP contribution in [0, 0.1) is 0 Å². The molecule has 0 saturated heterocycles. The van der Waals surface area contributed by atoms with Crippen molar-refractivity contribution in [3.05, 3.63) is 40.3 Å². The number of hydrogen-bond donors (Lipinski definition) is 2. The molecule has 0 radical (unpaired) electrons. The topological polar surface area (TPSA) is 71.1 Å². The van der Waals surface area contributed by atoms with Gasteiger partial charge >= 0.3 is 0 Å². The van der Waals surface area contributed by atoms with Crippen molar-refractivity contribution in [2.75, 3.05) is 10.6 Å². The van der Waals surface area contributed by atoms with Crippen molar-refractivity contribution < 1.29 is 9.59 Å². The van der Waals surface area contributed by atoms with Gasteiger partial charge in [-0.15, -0.1) is 11.3 Å². The fourth-order valence-corrected chi connectivity index (χ4v) is 2.26. The minimum atomic E-state index is -0.217. The number of nitrogens with one attached hydrogen (secondary N) is 2. The van der Waals surface area contributed by atoms with Gasteiger partial charge in [-0.1, -0.05) is 15.9 Å². The molecule has 0 spiro atoms. The summed E-state index contributed by atoms with van der Waals surface area (Å²) in [5, 5.41) is 7.68. The van der Waals surface area contributed by atoms with Gasteiger partial charge in [0.05, 0.1) is 0 Å². The molecule has 0 saturated carbocycles. The van der Waals surface area contributed by atoms with Crippen molar-refractivity contribution in [1.82, 2.24) is 4.98 Å². The van der Waals surface area contributed by atoms with Crippen LogP contribution in [0.4, 0.5) is 10.8 Å². The van der Waals surface area contributed by atoms with Crippen LogP contribution in [0.15, 0.2) is 40.3 Å². The molecule has 0 unspecified atom stereocenters. The third kappa shape index (κ3) is 4.75. The average Bonchev–Trinajstić information content (AvgIpc) is 2.92. The predicted octanol–water partition coefficient (Wildman–Crippen LogP) is 3.26. The minimum absolute atomic E-state index is 0.127. The Balaban J connectivity index is 1.74. The number of carbonyl (C=O) groups is 2. The number of aromatic nitrogens is 1. The molecule has 2 amide bonds. The Morgan fingerprint density at radius 2 is 1.75 bits per heavy atom. The smallest absolute Gasteiger partial charge is 0.226 e. The van der Waals surface area contributed by atoms with Gasteiger partial charge in [0.25, 0.3) is 0 Å². The highest BCUT2D eigenvalue weighted by molar-refractivity contribution is 9.10. The Morgan fingerprint density at radius 1 is 1.10 bits per heavy atom. The first-order chi connectivity index (χ1) is 9.63. The summed E-state index contributed by atoms with van der Waals surface area (Å²) < 4.78 is 0.943. The molecule has 0 fully saturated rings. The zero-order valence-corrected chi connectivity index (χ0v) is 12.8. The number of thiazole rings is 1. The summed E-state index contributed by atoms with van der Waals surface area (Å²) >= 11 is 4.66. The van der Waals surface area contributed by atoms with E-state index in [0.717, 1.165) is 4.47 Å². The molecule has 0 bridgehead atoms. The van der Waals surface area contributed by atoms with Crippen molar-refractivity contribution in [3.63, 3.8) is 0 Å². The maximum absolute atomic E-state index is 11.7. The summed E-state index contributed by atoms with van der Waals surface area (Å²) in [5.74, 6) is -0.410. The van der Waals surface area contributed by atoms with E-state index in [9.17, 15) is 9.59 Å². The van der Waals surface area contributed by atoms with Crippen LogP contribution in [0.5, 0.6) is 0 Å². The molecule has 1 aromatic carbocycles. The lowest BCUT2D eigenvalue weighted by molar-refractivity contribution is -0.121. The van der Waals surface area contributed by atoms with Crippen LogP contribution in [-0.2, 0) is 9.59 Å². The van der Waals surface area contributed by atoms with Crippen LogP contribution in [0.25, 0.3) is 0 Å². The van der Waals surface area contributed by atoms with E-state index in [2.05, 4.69) is 31.5 Å². The second-order valence-corrected chi connectivity index (χ2v) is 5.75. The third-order valence-corrected chi connectivity index (χ3v) is 3.60. The lowest BCUT2D eigenvalue weighted by Gasteiger charge is -2.05. The number of benzene rings is 1. The van der Waals surface area contributed by atoms with E-state index >= 15 is 0 Å². The Bertz CT molecular complexity index is 584. The predicted molar refractivity (Wildman–Crippen MR) is 82.7 cm³/mol. The van der Waals surface area contributed by atoms with Crippen molar-refractivity contribution in [2.24, 2.45) is 0 Å². The van der Waals surface area contributed by atoms with E-state index in [-0.39, 0.29) is 24.7 Å². The van der Waals surface area contributed by atoms with Gasteiger partial charge in [0.1, 0.15) is 0 Å². The highest BCUT2D eigenvalue weighted by Gasteiger charge is 2.08. The molecule has 2 N–H and O–H groups in total. The molecule has 2 aromatic rings. The largest absolute Gasteiger partial charge is 0.326 e. The average molecular weight is 354 g/mol. The first-order valence-corrected chi connectivity index (χ1v) is 7.55. The monoisotopic (exact) mass is 353 g/mol. The number of amides is 2. The molecule has 2 rings (SSSR count). The van der Waals surface area contributed by atoms with Gasteiger partial charge in [0.2, 0.25) is 11.8 Å². The van der Waals surface area contributed by atoms with E-state index in [1.54, 1.807) is 23.7 Å². The fraction of sp³-hybridized carbons (Fsp3) is 0.154. The maximum atomic E-state index is 11.7. The molecule has 5 nitrogen and oxygen atoms in total. The summed E-state index contributed by atoms with van der Waals surface area (Å²) in [7, 11) is 0. The maximum Gasteiger partial charge on any atom is 0.226 e. The van der Waals surface area contributed by atoms with Gasteiger partial charge in [0.15, 0.2) is 5.13 Å². The van der Waals surface area contributed by atoms with Gasteiger partial charge in [0, 0.05) is 34.6 Å². The lowest BCUT2D eigenvalue weighted by Crippen LogP contribution is -2.17. The van der Waals surface area contributed by atoms with Crippen LogP contribution < -0.4 is 10.6 Å². The van der Waals surface area contributed by atoms with E-state index in [4.69, 9.17) is 0 Å². The van der Waals surface area contributed by atoms with E-state index < -0.39 is 0 Å². The molecule has 1 aromatic heterocycles. The zero-order valence-electron chi connectivity index (χ0n) is 10.4. The first-order valence-electron chi connectivity index (χ1n) is 5.88. The van der Waals surface area contributed by atoms with Crippen LogP contribution in [-0.4, -0.2) is 16.8 Å². The van der Waals surface area contributed by atoms with E-state index in [0.29, 0.717) is 10.8 Å². The van der Waals surface area contributed by atoms with E-state index in [1.165, 1.54) is 11.3 Å². The molecule has 0 aliphatic heterocycles. The molecule has 0 atom stereocenters. The molecule has 1 heterocycles. The molecular formula is C13H12BrN3O2S. The van der Waals surface area contributed by atoms with Gasteiger partial charge in [-0.05, 0) is 24.3 Å². The Hall–Kier alpha value is -1.73. The number of hydrogen-bond acceptors (Lipinski definition) is 4. The number of halogens is 1. The summed E-state index contributed by atoms with van der Waals surface area (Å²) in [4.78, 5) is 27.2. The van der Waals surface area contributed by atoms with Crippen LogP contribution in [0.3, 0.4) is 0 Å². The number of anilines is 2. The molecule has 0 aliphatic rings. The molecule has 20 heavy (non-hydrogen) atoms. The van der Waals surface area contributed by atoms with Crippen LogP contribution in [0.1, 0.15) is 12.8 Å². The quantitative estimate of drug-likeness (QED) is 0.866. The first kappa shape index (κ1) is 14.7. The minimum Gasteiger partial charge on any atom is -0.326 e. The molecule has 104 valence electrons. The third-order valence-electron chi connectivity index (χ3n) is 2.39. The number of rotatable bonds is 5. The van der Waals surface area contributed by atoms with Gasteiger partial charge in [-0.25, -0.2) is 4.98 Å². The van der Waals surface area contributed by atoms with Crippen molar-refractivity contribution >= 4 is 49.9 Å². The number of nitrogens with zero attached hydrogens (tertiary/aromatic N) is 1. The zero-order chi connectivity index (χ0) is 14.4. The lowest BCUT2D eigenvalue weighted by atomic mass is 10.2. The normalized spacial score (nSPS) is 10.1. The fourth-order valence-electron chi connectivity index (χ4n) is 1.45. The Kier molecular flexibility index (Phi) is 5.25. The second-order valence-electron chi connectivity index (χ2n) is 3.94. The highest BCUT2D eigenvalue weighted by Crippen LogP contribution is 2.15. The molecule has 7 heteroatoms. The molecular weight excluding hydrogens is 342 g/mol. The van der Waals surface area contributed by atoms with Gasteiger partial charge in [-0.2, -0.15) is 0 Å².